The molecule has 0 spiro atoms. The summed E-state index contributed by atoms with van der Waals surface area (Å²) < 4.78 is 10.5. The van der Waals surface area contributed by atoms with Crippen LogP contribution < -0.4 is 10.1 Å². The molecule has 4 heteroatoms. The fourth-order valence-corrected chi connectivity index (χ4v) is 1.39. The molecule has 1 aliphatic rings. The van der Waals surface area contributed by atoms with Crippen molar-refractivity contribution in [2.45, 2.75) is 12.5 Å². The maximum Gasteiger partial charge on any atom is 0.286 e. The lowest BCUT2D eigenvalue weighted by atomic mass is 10.3. The van der Waals surface area contributed by atoms with E-state index in [-0.39, 0.29) is 6.10 Å². The van der Waals surface area contributed by atoms with Crippen LogP contribution in [0.1, 0.15) is 6.42 Å². The molecule has 0 aliphatic carbocycles. The van der Waals surface area contributed by atoms with E-state index in [0.717, 1.165) is 19.5 Å². The van der Waals surface area contributed by atoms with E-state index in [9.17, 15) is 0 Å². The molecule has 1 saturated heterocycles. The van der Waals surface area contributed by atoms with Crippen molar-refractivity contribution < 1.29 is 9.15 Å². The van der Waals surface area contributed by atoms with Crippen LogP contribution in [0.5, 0.6) is 5.95 Å². The molecule has 1 fully saturated rings. The summed E-state index contributed by atoms with van der Waals surface area (Å²) in [6, 6.07) is 3.42. The Morgan fingerprint density at radius 1 is 1.58 bits per heavy atom. The molecule has 1 N–H and O–H groups in total. The van der Waals surface area contributed by atoms with E-state index in [1.54, 1.807) is 12.1 Å². The Kier molecular flexibility index (Phi) is 2.23. The van der Waals surface area contributed by atoms with Gasteiger partial charge in [-0.25, -0.2) is 0 Å². The largest absolute Gasteiger partial charge is 0.460 e. The smallest absolute Gasteiger partial charge is 0.286 e. The van der Waals surface area contributed by atoms with E-state index in [2.05, 4.69) is 5.32 Å². The first-order valence-electron chi connectivity index (χ1n) is 3.97. The summed E-state index contributed by atoms with van der Waals surface area (Å²) in [5.74, 6) is 0.508. The number of hydrogen-bond acceptors (Lipinski definition) is 3. The second-order valence-corrected chi connectivity index (χ2v) is 3.16. The van der Waals surface area contributed by atoms with Crippen LogP contribution in [0.2, 0.25) is 5.22 Å². The third-order valence-corrected chi connectivity index (χ3v) is 2.05. The molecule has 1 atom stereocenters. The van der Waals surface area contributed by atoms with Crippen molar-refractivity contribution in [3.05, 3.63) is 17.4 Å². The standard InChI is InChI=1S/C8H10ClNO2/c9-7-1-2-8(12-7)11-6-3-4-10-5-6/h1-2,6,10H,3-5H2. The summed E-state index contributed by atoms with van der Waals surface area (Å²) in [4.78, 5) is 0. The Labute approximate surface area is 75.6 Å². The summed E-state index contributed by atoms with van der Waals surface area (Å²) in [6.07, 6.45) is 1.26. The maximum absolute atomic E-state index is 5.58. The predicted octanol–water partition coefficient (Wildman–Crippen LogP) is 1.67. The summed E-state index contributed by atoms with van der Waals surface area (Å²) in [7, 11) is 0. The third kappa shape index (κ3) is 1.73. The van der Waals surface area contributed by atoms with Crippen molar-refractivity contribution in [3.8, 4) is 5.95 Å². The van der Waals surface area contributed by atoms with Crippen LogP contribution in [0, 0.1) is 0 Å². The molecule has 0 amide bonds. The van der Waals surface area contributed by atoms with Crippen LogP contribution in [0.15, 0.2) is 16.5 Å². The molecular formula is C8H10ClNO2. The topological polar surface area (TPSA) is 34.4 Å². The molecule has 1 unspecified atom stereocenters. The van der Waals surface area contributed by atoms with Gasteiger partial charge in [-0.15, -0.1) is 0 Å². The Morgan fingerprint density at radius 3 is 3.08 bits per heavy atom. The second kappa shape index (κ2) is 3.37. The van der Waals surface area contributed by atoms with E-state index in [4.69, 9.17) is 20.8 Å². The molecule has 0 aromatic carbocycles. The minimum atomic E-state index is 0.229. The van der Waals surface area contributed by atoms with Crippen molar-refractivity contribution in [1.29, 1.82) is 0 Å². The summed E-state index contributed by atoms with van der Waals surface area (Å²) >= 11 is 5.58. The fourth-order valence-electron chi connectivity index (χ4n) is 1.25. The molecule has 66 valence electrons. The second-order valence-electron chi connectivity index (χ2n) is 2.79. The van der Waals surface area contributed by atoms with Crippen LogP contribution in [0.25, 0.3) is 0 Å². The van der Waals surface area contributed by atoms with Gasteiger partial charge < -0.3 is 14.5 Å². The van der Waals surface area contributed by atoms with Gasteiger partial charge in [0.2, 0.25) is 0 Å². The number of ether oxygens (including phenoxy) is 1. The third-order valence-electron chi connectivity index (χ3n) is 1.85. The SMILES string of the molecule is Clc1ccc(OC2CCNC2)o1. The quantitative estimate of drug-likeness (QED) is 0.765. The Hall–Kier alpha value is -0.670. The lowest BCUT2D eigenvalue weighted by Gasteiger charge is -2.07. The van der Waals surface area contributed by atoms with Crippen LogP contribution >= 0.6 is 11.6 Å². The molecule has 3 nitrogen and oxygen atoms in total. The highest BCUT2D eigenvalue weighted by molar-refractivity contribution is 6.28. The van der Waals surface area contributed by atoms with Gasteiger partial charge in [-0.3, -0.25) is 0 Å². The number of rotatable bonds is 2. The van der Waals surface area contributed by atoms with Gasteiger partial charge in [-0.1, -0.05) is 0 Å². The molecule has 1 aromatic rings. The molecule has 0 radical (unpaired) electrons. The first-order valence-corrected chi connectivity index (χ1v) is 4.35. The lowest BCUT2D eigenvalue weighted by molar-refractivity contribution is 0.172. The number of nitrogens with one attached hydrogen (secondary N) is 1. The van der Waals surface area contributed by atoms with Crippen LogP contribution in [0.4, 0.5) is 0 Å². The Balaban J connectivity index is 1.94. The van der Waals surface area contributed by atoms with E-state index in [1.165, 1.54) is 0 Å². The average Bonchev–Trinajstić information content (AvgIpc) is 2.63. The highest BCUT2D eigenvalue weighted by Gasteiger charge is 2.17. The average molecular weight is 188 g/mol. The van der Waals surface area contributed by atoms with Gasteiger partial charge >= 0.3 is 0 Å². The molecular weight excluding hydrogens is 178 g/mol. The van der Waals surface area contributed by atoms with Gasteiger partial charge in [0, 0.05) is 18.7 Å². The van der Waals surface area contributed by atoms with E-state index in [0.29, 0.717) is 11.2 Å². The number of hydrogen-bond donors (Lipinski definition) is 1. The number of furan rings is 1. The van der Waals surface area contributed by atoms with E-state index < -0.39 is 0 Å². The van der Waals surface area contributed by atoms with Crippen molar-refractivity contribution >= 4 is 11.6 Å². The first kappa shape index (κ1) is 7.95. The van der Waals surface area contributed by atoms with Gasteiger partial charge in [0.05, 0.1) is 0 Å². The zero-order chi connectivity index (χ0) is 8.39. The van der Waals surface area contributed by atoms with Gasteiger partial charge in [-0.2, -0.15) is 0 Å². The lowest BCUT2D eigenvalue weighted by Crippen LogP contribution is -2.19. The zero-order valence-electron chi connectivity index (χ0n) is 6.55. The van der Waals surface area contributed by atoms with Gasteiger partial charge in [-0.05, 0) is 24.6 Å². The highest BCUT2D eigenvalue weighted by atomic mass is 35.5. The zero-order valence-corrected chi connectivity index (χ0v) is 7.30. The van der Waals surface area contributed by atoms with Gasteiger partial charge in [0.1, 0.15) is 6.10 Å². The highest BCUT2D eigenvalue weighted by Crippen LogP contribution is 2.21. The summed E-state index contributed by atoms with van der Waals surface area (Å²) in [5.41, 5.74) is 0. The maximum atomic E-state index is 5.58. The molecule has 2 rings (SSSR count). The van der Waals surface area contributed by atoms with Crippen molar-refractivity contribution in [2.24, 2.45) is 0 Å². The first-order chi connectivity index (χ1) is 5.84. The summed E-state index contributed by atoms with van der Waals surface area (Å²) in [5, 5.41) is 3.57. The molecule has 1 aliphatic heterocycles. The monoisotopic (exact) mass is 187 g/mol. The van der Waals surface area contributed by atoms with E-state index in [1.807, 2.05) is 0 Å². The van der Waals surface area contributed by atoms with E-state index >= 15 is 0 Å². The predicted molar refractivity (Wildman–Crippen MR) is 45.6 cm³/mol. The Morgan fingerprint density at radius 2 is 2.50 bits per heavy atom. The molecule has 0 saturated carbocycles. The van der Waals surface area contributed by atoms with Crippen LogP contribution in [0.3, 0.4) is 0 Å². The molecule has 0 bridgehead atoms. The van der Waals surface area contributed by atoms with Gasteiger partial charge in [0.25, 0.3) is 5.95 Å². The van der Waals surface area contributed by atoms with Crippen molar-refractivity contribution in [1.82, 2.24) is 5.32 Å². The fraction of sp³-hybridized carbons (Fsp3) is 0.500. The van der Waals surface area contributed by atoms with Crippen molar-refractivity contribution in [2.75, 3.05) is 13.1 Å². The molecule has 1 aromatic heterocycles. The van der Waals surface area contributed by atoms with Gasteiger partial charge in [0.15, 0.2) is 5.22 Å². The summed E-state index contributed by atoms with van der Waals surface area (Å²) in [6.45, 7) is 1.90. The normalized spacial score (nSPS) is 22.9. The van der Waals surface area contributed by atoms with Crippen LogP contribution in [-0.2, 0) is 0 Å². The molecule has 12 heavy (non-hydrogen) atoms. The van der Waals surface area contributed by atoms with Crippen molar-refractivity contribution in [3.63, 3.8) is 0 Å². The van der Waals surface area contributed by atoms with Crippen LogP contribution in [-0.4, -0.2) is 19.2 Å². The Bertz CT molecular complexity index is 255. The minimum absolute atomic E-state index is 0.229. The number of halogens is 1. The minimum Gasteiger partial charge on any atom is -0.460 e. The molecule has 2 heterocycles.